The van der Waals surface area contributed by atoms with Crippen LogP contribution >= 0.6 is 0 Å². The first-order valence-corrected chi connectivity index (χ1v) is 11.1. The molecule has 1 saturated carbocycles. The van der Waals surface area contributed by atoms with Gasteiger partial charge in [-0.2, -0.15) is 0 Å². The smallest absolute Gasteiger partial charge is 0.143 e. The minimum Gasteiger partial charge on any atom is -0.323 e. The molecule has 0 amide bonds. The van der Waals surface area contributed by atoms with Crippen molar-refractivity contribution in [1.82, 2.24) is 0 Å². The van der Waals surface area contributed by atoms with Crippen molar-refractivity contribution in [2.45, 2.75) is 76.3 Å². The molecule has 25 heavy (non-hydrogen) atoms. The summed E-state index contributed by atoms with van der Waals surface area (Å²) in [7, 11) is 0. The standard InChI is InChI=1S/C23H36N2/c1-19(20-9-4-2-5-10-20)14-16-25-18-17-24-15-8-13-22(24)23(25)21-11-6-3-7-12-21/h2,4-5,9-10,19,21-23H,3,6-8,11-18H2,1H3/p+2/t19-,22-,23+/m1/s1. The fraction of sp³-hybridized carbons (Fsp3) is 0.739. The molecule has 3 aliphatic rings. The molecule has 2 aliphatic heterocycles. The Morgan fingerprint density at radius 3 is 2.52 bits per heavy atom. The maximum atomic E-state index is 2.43. The average molecular weight is 343 g/mol. The minimum atomic E-state index is 0.703. The molecule has 2 nitrogen and oxygen atoms in total. The number of hydrogen-bond acceptors (Lipinski definition) is 0. The first-order valence-electron chi connectivity index (χ1n) is 11.1. The largest absolute Gasteiger partial charge is 0.323 e. The van der Waals surface area contributed by atoms with Gasteiger partial charge in [0.2, 0.25) is 0 Å². The van der Waals surface area contributed by atoms with Crippen LogP contribution in [0.2, 0.25) is 0 Å². The Balaban J connectivity index is 1.42. The molecule has 1 aromatic carbocycles. The van der Waals surface area contributed by atoms with Crippen LogP contribution in [0.5, 0.6) is 0 Å². The lowest BCUT2D eigenvalue weighted by atomic mass is 9.78. The summed E-state index contributed by atoms with van der Waals surface area (Å²) < 4.78 is 0. The second-order valence-corrected chi connectivity index (χ2v) is 9.09. The fourth-order valence-corrected chi connectivity index (χ4v) is 6.25. The first kappa shape index (κ1) is 17.5. The van der Waals surface area contributed by atoms with Crippen molar-refractivity contribution in [3.05, 3.63) is 35.9 Å². The highest BCUT2D eigenvalue weighted by Crippen LogP contribution is 2.28. The molecule has 0 spiro atoms. The summed E-state index contributed by atoms with van der Waals surface area (Å²) in [5, 5.41) is 0. The van der Waals surface area contributed by atoms with E-state index in [1.54, 1.807) is 0 Å². The molecule has 2 heterocycles. The van der Waals surface area contributed by atoms with Crippen molar-refractivity contribution >= 4 is 0 Å². The Bertz CT molecular complexity index is 522. The van der Waals surface area contributed by atoms with Gasteiger partial charge in [0.05, 0.1) is 13.1 Å². The second-order valence-electron chi connectivity index (χ2n) is 9.09. The van der Waals surface area contributed by atoms with E-state index in [1.165, 1.54) is 83.1 Å². The van der Waals surface area contributed by atoms with E-state index in [1.807, 2.05) is 9.80 Å². The molecule has 1 aliphatic carbocycles. The van der Waals surface area contributed by atoms with E-state index in [0.717, 1.165) is 18.0 Å². The molecule has 0 bridgehead atoms. The van der Waals surface area contributed by atoms with Crippen molar-refractivity contribution in [1.29, 1.82) is 0 Å². The third kappa shape index (κ3) is 3.95. The van der Waals surface area contributed by atoms with Crippen LogP contribution in [0.1, 0.15) is 69.8 Å². The Kier molecular flexibility index (Phi) is 5.77. The zero-order valence-corrected chi connectivity index (χ0v) is 16.2. The van der Waals surface area contributed by atoms with Gasteiger partial charge < -0.3 is 9.80 Å². The highest BCUT2D eigenvalue weighted by atomic mass is 15.3. The molecule has 5 atom stereocenters. The van der Waals surface area contributed by atoms with Gasteiger partial charge in [0.15, 0.2) is 0 Å². The summed E-state index contributed by atoms with van der Waals surface area (Å²) in [5.74, 6) is 1.73. The van der Waals surface area contributed by atoms with Crippen molar-refractivity contribution < 1.29 is 9.80 Å². The van der Waals surface area contributed by atoms with Crippen LogP contribution in [0.4, 0.5) is 0 Å². The zero-order chi connectivity index (χ0) is 17.1. The summed E-state index contributed by atoms with van der Waals surface area (Å²) >= 11 is 0. The van der Waals surface area contributed by atoms with Crippen LogP contribution in [0.25, 0.3) is 0 Å². The van der Waals surface area contributed by atoms with Crippen molar-refractivity contribution in [3.63, 3.8) is 0 Å². The second kappa shape index (κ2) is 8.22. The monoisotopic (exact) mass is 342 g/mol. The molecular formula is C23H38N2+2. The maximum absolute atomic E-state index is 2.43. The molecule has 2 unspecified atom stereocenters. The van der Waals surface area contributed by atoms with Crippen LogP contribution in [-0.4, -0.2) is 38.3 Å². The van der Waals surface area contributed by atoms with Gasteiger partial charge in [0, 0.05) is 25.2 Å². The van der Waals surface area contributed by atoms with E-state index in [4.69, 9.17) is 0 Å². The van der Waals surface area contributed by atoms with Gasteiger partial charge in [-0.15, -0.1) is 0 Å². The lowest BCUT2D eigenvalue weighted by Gasteiger charge is -2.44. The number of benzene rings is 1. The lowest BCUT2D eigenvalue weighted by Crippen LogP contribution is -3.32. The van der Waals surface area contributed by atoms with Crippen LogP contribution in [0.3, 0.4) is 0 Å². The van der Waals surface area contributed by atoms with Gasteiger partial charge in [-0.1, -0.05) is 56.5 Å². The third-order valence-electron chi connectivity index (χ3n) is 7.63. The Morgan fingerprint density at radius 2 is 1.72 bits per heavy atom. The number of piperazine rings is 1. The number of fused-ring (bicyclic) bond motifs is 1. The molecule has 3 fully saturated rings. The van der Waals surface area contributed by atoms with Gasteiger partial charge in [0.25, 0.3) is 0 Å². The number of hydrogen-bond donors (Lipinski definition) is 2. The number of rotatable bonds is 5. The summed E-state index contributed by atoms with van der Waals surface area (Å²) in [6.07, 6.45) is 11.9. The van der Waals surface area contributed by atoms with E-state index < -0.39 is 0 Å². The normalized spacial score (nSPS) is 34.6. The summed E-state index contributed by atoms with van der Waals surface area (Å²) in [6.45, 7) is 8.14. The predicted octanol–water partition coefficient (Wildman–Crippen LogP) is 2.07. The fourth-order valence-electron chi connectivity index (χ4n) is 6.25. The van der Waals surface area contributed by atoms with Crippen LogP contribution in [0, 0.1) is 5.92 Å². The van der Waals surface area contributed by atoms with Gasteiger partial charge in [0.1, 0.15) is 25.2 Å². The predicted molar refractivity (Wildman–Crippen MR) is 104 cm³/mol. The molecule has 2 saturated heterocycles. The van der Waals surface area contributed by atoms with Gasteiger partial charge in [-0.25, -0.2) is 0 Å². The molecular weight excluding hydrogens is 304 g/mol. The first-order chi connectivity index (χ1) is 12.3. The van der Waals surface area contributed by atoms with Gasteiger partial charge >= 0.3 is 0 Å². The zero-order valence-electron chi connectivity index (χ0n) is 16.2. The highest BCUT2D eigenvalue weighted by molar-refractivity contribution is 5.18. The topological polar surface area (TPSA) is 8.88 Å². The van der Waals surface area contributed by atoms with Crippen LogP contribution in [-0.2, 0) is 0 Å². The molecule has 138 valence electrons. The highest BCUT2D eigenvalue weighted by Gasteiger charge is 2.48. The Hall–Kier alpha value is -0.860. The molecule has 0 aromatic heterocycles. The van der Waals surface area contributed by atoms with E-state index in [-0.39, 0.29) is 0 Å². The molecule has 2 heteroatoms. The molecule has 4 rings (SSSR count). The molecule has 2 N–H and O–H groups in total. The average Bonchev–Trinajstić information content (AvgIpc) is 3.15. The van der Waals surface area contributed by atoms with Crippen LogP contribution in [0.15, 0.2) is 30.3 Å². The Labute approximate surface area is 154 Å². The minimum absolute atomic E-state index is 0.703. The van der Waals surface area contributed by atoms with Crippen LogP contribution < -0.4 is 9.80 Å². The van der Waals surface area contributed by atoms with E-state index in [0.29, 0.717) is 5.92 Å². The number of nitrogens with one attached hydrogen (secondary N) is 2. The summed E-state index contributed by atoms with van der Waals surface area (Å²) in [5.41, 5.74) is 1.53. The van der Waals surface area contributed by atoms with E-state index >= 15 is 0 Å². The Morgan fingerprint density at radius 1 is 0.920 bits per heavy atom. The lowest BCUT2D eigenvalue weighted by molar-refractivity contribution is -1.04. The number of quaternary nitrogens is 2. The summed E-state index contributed by atoms with van der Waals surface area (Å²) in [4.78, 5) is 3.95. The third-order valence-corrected chi connectivity index (χ3v) is 7.63. The van der Waals surface area contributed by atoms with E-state index in [2.05, 4.69) is 37.3 Å². The quantitative estimate of drug-likeness (QED) is 0.811. The van der Waals surface area contributed by atoms with Gasteiger partial charge in [-0.05, 0) is 24.3 Å². The van der Waals surface area contributed by atoms with Crippen molar-refractivity contribution in [2.75, 3.05) is 26.2 Å². The van der Waals surface area contributed by atoms with Gasteiger partial charge in [-0.3, -0.25) is 0 Å². The van der Waals surface area contributed by atoms with Crippen molar-refractivity contribution in [3.8, 4) is 0 Å². The SMILES string of the molecule is C[C@H](CC[NH+]1CC[NH+]2CCC[C@@H]2[C@@H]1C1CCCCC1)c1ccccc1. The summed E-state index contributed by atoms with van der Waals surface area (Å²) in [6, 6.07) is 13.1. The molecule has 1 aromatic rings. The molecule has 0 radical (unpaired) electrons. The van der Waals surface area contributed by atoms with Crippen molar-refractivity contribution in [2.24, 2.45) is 5.92 Å². The van der Waals surface area contributed by atoms with E-state index in [9.17, 15) is 0 Å². The maximum Gasteiger partial charge on any atom is 0.143 e.